The van der Waals surface area contributed by atoms with E-state index in [0.29, 0.717) is 18.2 Å². The van der Waals surface area contributed by atoms with Gasteiger partial charge in [-0.3, -0.25) is 0 Å². The average Bonchev–Trinajstić information content (AvgIpc) is 2.16. The van der Waals surface area contributed by atoms with E-state index in [1.807, 2.05) is 12.1 Å². The van der Waals surface area contributed by atoms with Crippen LogP contribution in [0.3, 0.4) is 0 Å². The number of morpholine rings is 1. The third-order valence-corrected chi connectivity index (χ3v) is 3.23. The van der Waals surface area contributed by atoms with Crippen LogP contribution in [0.1, 0.15) is 5.56 Å². The summed E-state index contributed by atoms with van der Waals surface area (Å²) in [5.74, 6) is -1.19. The second kappa shape index (κ2) is 5.24. The van der Waals surface area contributed by atoms with Gasteiger partial charge in [0.2, 0.25) is 5.79 Å². The van der Waals surface area contributed by atoms with E-state index in [9.17, 15) is 5.11 Å². The number of halogens is 2. The molecule has 0 aromatic heterocycles. The van der Waals surface area contributed by atoms with Crippen LogP contribution in [-0.4, -0.2) is 43.4 Å². The lowest BCUT2D eigenvalue weighted by Crippen LogP contribution is -3.00. The minimum absolute atomic E-state index is 0. The van der Waals surface area contributed by atoms with Crippen LogP contribution in [0.2, 0.25) is 5.02 Å². The van der Waals surface area contributed by atoms with Crippen molar-refractivity contribution in [3.63, 3.8) is 0 Å². The zero-order valence-corrected chi connectivity index (χ0v) is 12.3. The van der Waals surface area contributed by atoms with E-state index in [2.05, 4.69) is 14.1 Å². The van der Waals surface area contributed by atoms with Crippen molar-refractivity contribution in [3.05, 3.63) is 34.9 Å². The number of aliphatic hydroxyl groups is 1. The molecule has 0 bridgehead atoms. The van der Waals surface area contributed by atoms with Gasteiger partial charge < -0.3 is 31.3 Å². The predicted octanol–water partition coefficient (Wildman–Crippen LogP) is -1.40. The van der Waals surface area contributed by atoms with Gasteiger partial charge in [0.25, 0.3) is 0 Å². The fourth-order valence-electron chi connectivity index (χ4n) is 2.05. The summed E-state index contributed by atoms with van der Waals surface area (Å²) in [6.07, 6.45) is 0. The molecule has 0 aliphatic carbocycles. The van der Waals surface area contributed by atoms with E-state index in [1.54, 1.807) is 12.1 Å². The number of nitrogens with zero attached hydrogens (tertiary/aromatic N) is 1. The van der Waals surface area contributed by atoms with Gasteiger partial charge in [0.05, 0.1) is 20.7 Å². The molecule has 1 fully saturated rings. The lowest BCUT2D eigenvalue weighted by molar-refractivity contribution is -0.912. The van der Waals surface area contributed by atoms with Crippen LogP contribution in [0, 0.1) is 0 Å². The normalized spacial score (nSPS) is 27.3. The highest BCUT2D eigenvalue weighted by Gasteiger charge is 2.42. The lowest BCUT2D eigenvalue weighted by atomic mass is 10.0. The van der Waals surface area contributed by atoms with Gasteiger partial charge in [-0.05, 0) is 12.1 Å². The molecular weight excluding hydrogens is 305 g/mol. The van der Waals surface area contributed by atoms with Gasteiger partial charge in [-0.1, -0.05) is 23.7 Å². The molecule has 0 unspecified atom stereocenters. The third-order valence-electron chi connectivity index (χ3n) is 2.98. The van der Waals surface area contributed by atoms with Crippen LogP contribution in [0.5, 0.6) is 0 Å². The molecule has 1 N–H and O–H groups in total. The van der Waals surface area contributed by atoms with Crippen molar-refractivity contribution in [1.29, 1.82) is 0 Å². The second-order valence-electron chi connectivity index (χ2n) is 4.96. The molecule has 5 heteroatoms. The number of rotatable bonds is 1. The maximum Gasteiger partial charge on any atom is 0.243 e. The molecule has 1 heterocycles. The molecule has 3 nitrogen and oxygen atoms in total. The highest BCUT2D eigenvalue weighted by molar-refractivity contribution is 6.30. The SMILES string of the molecule is C[N+]1(C)CCO[C@@](O)(c2ccc(Cl)cc2)C1.[Br-]. The van der Waals surface area contributed by atoms with E-state index >= 15 is 0 Å². The molecule has 1 atom stereocenters. The summed E-state index contributed by atoms with van der Waals surface area (Å²) in [5.41, 5.74) is 0.766. The predicted molar refractivity (Wildman–Crippen MR) is 63.1 cm³/mol. The Labute approximate surface area is 117 Å². The van der Waals surface area contributed by atoms with Crippen molar-refractivity contribution < 1.29 is 31.3 Å². The summed E-state index contributed by atoms with van der Waals surface area (Å²) in [4.78, 5) is 0. The van der Waals surface area contributed by atoms with Crippen LogP contribution in [-0.2, 0) is 10.5 Å². The summed E-state index contributed by atoms with van der Waals surface area (Å²) >= 11 is 5.83. The Balaban J connectivity index is 0.00000144. The summed E-state index contributed by atoms with van der Waals surface area (Å²) in [6, 6.07) is 7.17. The Morgan fingerprint density at radius 3 is 2.41 bits per heavy atom. The van der Waals surface area contributed by atoms with Crippen molar-refractivity contribution >= 4 is 11.6 Å². The average molecular weight is 323 g/mol. The lowest BCUT2D eigenvalue weighted by Gasteiger charge is -2.42. The second-order valence-corrected chi connectivity index (χ2v) is 5.39. The van der Waals surface area contributed by atoms with E-state index in [4.69, 9.17) is 16.3 Å². The first-order valence-electron chi connectivity index (χ1n) is 5.36. The Morgan fingerprint density at radius 2 is 1.88 bits per heavy atom. The van der Waals surface area contributed by atoms with E-state index in [-0.39, 0.29) is 17.0 Å². The molecule has 1 aliphatic heterocycles. The van der Waals surface area contributed by atoms with Crippen molar-refractivity contribution in [2.75, 3.05) is 33.8 Å². The minimum Gasteiger partial charge on any atom is -1.00 e. The van der Waals surface area contributed by atoms with Gasteiger partial charge in [-0.25, -0.2) is 0 Å². The first-order valence-corrected chi connectivity index (χ1v) is 5.74. The monoisotopic (exact) mass is 321 g/mol. The number of ether oxygens (including phenoxy) is 1. The highest BCUT2D eigenvalue weighted by atomic mass is 79.9. The third kappa shape index (κ3) is 3.42. The minimum atomic E-state index is -1.19. The molecule has 1 aromatic rings. The molecule has 1 saturated heterocycles. The molecule has 1 aromatic carbocycles. The first-order chi connectivity index (χ1) is 7.41. The van der Waals surface area contributed by atoms with Crippen LogP contribution in [0.15, 0.2) is 24.3 Å². The maximum atomic E-state index is 10.5. The van der Waals surface area contributed by atoms with Gasteiger partial charge in [0.15, 0.2) is 0 Å². The van der Waals surface area contributed by atoms with Crippen molar-refractivity contribution in [2.24, 2.45) is 0 Å². The quantitative estimate of drug-likeness (QED) is 0.644. The zero-order chi connectivity index (χ0) is 11.8. The highest BCUT2D eigenvalue weighted by Crippen LogP contribution is 2.29. The van der Waals surface area contributed by atoms with Crippen LogP contribution in [0.25, 0.3) is 0 Å². The van der Waals surface area contributed by atoms with E-state index in [0.717, 1.165) is 16.6 Å². The Bertz CT molecular complexity index is 383. The Morgan fingerprint density at radius 1 is 1.29 bits per heavy atom. The summed E-state index contributed by atoms with van der Waals surface area (Å²) in [5, 5.41) is 11.2. The molecular formula is C12H17BrClNO2. The number of likely N-dealkylation sites (N-methyl/N-ethyl adjacent to an activating group) is 1. The maximum absolute atomic E-state index is 10.5. The molecule has 96 valence electrons. The fourth-order valence-corrected chi connectivity index (χ4v) is 2.18. The van der Waals surface area contributed by atoms with Gasteiger partial charge in [-0.15, -0.1) is 0 Å². The largest absolute Gasteiger partial charge is 1.00 e. The van der Waals surface area contributed by atoms with Crippen LogP contribution in [0.4, 0.5) is 0 Å². The Hall–Kier alpha value is -0.130. The van der Waals surface area contributed by atoms with E-state index < -0.39 is 5.79 Å². The first kappa shape index (κ1) is 14.9. The van der Waals surface area contributed by atoms with Crippen LogP contribution >= 0.6 is 11.6 Å². The standard InChI is InChI=1S/C12H17ClNO2.BrH/c1-14(2)7-8-16-12(15,9-14)10-3-5-11(13)6-4-10;/h3-6,15H,7-9H2,1-2H3;1H/q+1;/p-1/t12-;/m1./s1. The summed E-state index contributed by atoms with van der Waals surface area (Å²) < 4.78 is 6.27. The number of quaternary nitrogens is 1. The summed E-state index contributed by atoms with van der Waals surface area (Å²) in [7, 11) is 4.17. The van der Waals surface area contributed by atoms with Gasteiger partial charge in [0.1, 0.15) is 13.1 Å². The molecule has 0 amide bonds. The molecule has 17 heavy (non-hydrogen) atoms. The molecule has 0 radical (unpaired) electrons. The van der Waals surface area contributed by atoms with Crippen molar-refractivity contribution in [2.45, 2.75) is 5.79 Å². The van der Waals surface area contributed by atoms with Gasteiger partial charge >= 0.3 is 0 Å². The van der Waals surface area contributed by atoms with Gasteiger partial charge in [-0.2, -0.15) is 0 Å². The topological polar surface area (TPSA) is 29.5 Å². The van der Waals surface area contributed by atoms with Crippen molar-refractivity contribution in [3.8, 4) is 0 Å². The molecule has 1 aliphatic rings. The molecule has 2 rings (SSSR count). The zero-order valence-electron chi connectivity index (χ0n) is 9.99. The smallest absolute Gasteiger partial charge is 0.243 e. The van der Waals surface area contributed by atoms with Crippen molar-refractivity contribution in [1.82, 2.24) is 0 Å². The van der Waals surface area contributed by atoms with Crippen LogP contribution < -0.4 is 17.0 Å². The number of hydrogen-bond acceptors (Lipinski definition) is 2. The van der Waals surface area contributed by atoms with Gasteiger partial charge in [0, 0.05) is 10.6 Å². The van der Waals surface area contributed by atoms with E-state index in [1.165, 1.54) is 0 Å². The molecule has 0 spiro atoms. The number of hydrogen-bond donors (Lipinski definition) is 1. The summed E-state index contributed by atoms with van der Waals surface area (Å²) in [6.45, 7) is 2.02. The number of benzene rings is 1. The Kier molecular flexibility index (Phi) is 4.60. The molecule has 0 saturated carbocycles. The fraction of sp³-hybridized carbons (Fsp3) is 0.500.